The lowest BCUT2D eigenvalue weighted by atomic mass is 9.96. The van der Waals surface area contributed by atoms with E-state index in [1.807, 2.05) is 36.0 Å². The summed E-state index contributed by atoms with van der Waals surface area (Å²) in [5.74, 6) is 0.952. The molecule has 0 saturated carbocycles. The summed E-state index contributed by atoms with van der Waals surface area (Å²) in [7, 11) is 1.99. The molecule has 0 fully saturated rings. The van der Waals surface area contributed by atoms with Gasteiger partial charge >= 0.3 is 0 Å². The number of nitrogens with zero attached hydrogens (tertiary/aromatic N) is 3. The molecule has 1 N–H and O–H groups in total. The van der Waals surface area contributed by atoms with Gasteiger partial charge in [-0.05, 0) is 63.9 Å². The quantitative estimate of drug-likeness (QED) is 0.262. The lowest BCUT2D eigenvalue weighted by Crippen LogP contribution is -1.92. The molecular weight excluding hydrogens is 478 g/mol. The van der Waals surface area contributed by atoms with Gasteiger partial charge in [-0.1, -0.05) is 84.9 Å². The number of fused-ring (bicyclic) bond motifs is 2. The van der Waals surface area contributed by atoms with Crippen molar-refractivity contribution in [3.8, 4) is 50.6 Å². The zero-order valence-electron chi connectivity index (χ0n) is 21.4. The Bertz CT molecular complexity index is 2000. The zero-order chi connectivity index (χ0) is 26.3. The minimum atomic E-state index is 0.219. The second kappa shape index (κ2) is 9.26. The van der Waals surface area contributed by atoms with E-state index in [0.29, 0.717) is 5.56 Å². The van der Waals surface area contributed by atoms with Gasteiger partial charge in [0, 0.05) is 24.4 Å². The topological polar surface area (TPSA) is 50.9 Å². The van der Waals surface area contributed by atoms with Crippen LogP contribution in [0.4, 0.5) is 0 Å². The highest BCUT2D eigenvalue weighted by Gasteiger charge is 2.16. The number of aromatic hydroxyl groups is 1. The molecule has 4 nitrogen and oxygen atoms in total. The summed E-state index contributed by atoms with van der Waals surface area (Å²) in [6.45, 7) is 0. The van der Waals surface area contributed by atoms with E-state index in [1.54, 1.807) is 6.07 Å². The SMILES string of the molecule is Cn1c(-c2ccccc2O)nc2c(-c3cccc(-c4cc(-c5cccc6ccccc56)ccn4)c3)cccc21. The molecule has 5 aromatic carbocycles. The summed E-state index contributed by atoms with van der Waals surface area (Å²) < 4.78 is 2.03. The average Bonchev–Trinajstić information content (AvgIpc) is 3.33. The molecule has 7 rings (SSSR count). The van der Waals surface area contributed by atoms with Gasteiger partial charge in [-0.15, -0.1) is 0 Å². The van der Waals surface area contributed by atoms with Gasteiger partial charge in [0.15, 0.2) is 0 Å². The molecule has 0 aliphatic heterocycles. The van der Waals surface area contributed by atoms with Gasteiger partial charge in [-0.2, -0.15) is 0 Å². The summed E-state index contributed by atoms with van der Waals surface area (Å²) in [5.41, 5.74) is 9.03. The molecule has 0 amide bonds. The van der Waals surface area contributed by atoms with Gasteiger partial charge in [0.25, 0.3) is 0 Å². The first-order valence-electron chi connectivity index (χ1n) is 13.0. The summed E-state index contributed by atoms with van der Waals surface area (Å²) in [6.07, 6.45) is 1.89. The molecule has 0 aliphatic carbocycles. The number of hydrogen-bond donors (Lipinski definition) is 1. The van der Waals surface area contributed by atoms with E-state index < -0.39 is 0 Å². The van der Waals surface area contributed by atoms with E-state index in [9.17, 15) is 5.11 Å². The van der Waals surface area contributed by atoms with Crippen molar-refractivity contribution in [1.82, 2.24) is 14.5 Å². The molecule has 186 valence electrons. The maximum Gasteiger partial charge on any atom is 0.144 e. The van der Waals surface area contributed by atoms with Gasteiger partial charge in [-0.3, -0.25) is 4.98 Å². The average molecular weight is 504 g/mol. The summed E-state index contributed by atoms with van der Waals surface area (Å²) in [6, 6.07) is 41.1. The summed E-state index contributed by atoms with van der Waals surface area (Å²) in [4.78, 5) is 9.72. The molecule has 0 spiro atoms. The van der Waals surface area contributed by atoms with Crippen molar-refractivity contribution < 1.29 is 5.11 Å². The Hall–Kier alpha value is -5.22. The van der Waals surface area contributed by atoms with E-state index in [4.69, 9.17) is 9.97 Å². The highest BCUT2D eigenvalue weighted by atomic mass is 16.3. The number of aryl methyl sites for hydroxylation is 1. The number of rotatable bonds is 4. The van der Waals surface area contributed by atoms with Crippen molar-refractivity contribution in [2.75, 3.05) is 0 Å². The lowest BCUT2D eigenvalue weighted by Gasteiger charge is -2.10. The van der Waals surface area contributed by atoms with Gasteiger partial charge < -0.3 is 9.67 Å². The highest BCUT2D eigenvalue weighted by Crippen LogP contribution is 2.36. The zero-order valence-corrected chi connectivity index (χ0v) is 21.4. The van der Waals surface area contributed by atoms with Gasteiger partial charge in [0.1, 0.15) is 11.6 Å². The van der Waals surface area contributed by atoms with Crippen molar-refractivity contribution in [3.63, 3.8) is 0 Å². The lowest BCUT2D eigenvalue weighted by molar-refractivity contribution is 0.476. The Labute approximate surface area is 226 Å². The molecule has 0 aliphatic rings. The third-order valence-electron chi connectivity index (χ3n) is 7.39. The van der Waals surface area contributed by atoms with Gasteiger partial charge in [-0.25, -0.2) is 4.98 Å². The summed E-state index contributed by atoms with van der Waals surface area (Å²) >= 11 is 0. The first kappa shape index (κ1) is 22.9. The monoisotopic (exact) mass is 503 g/mol. The Balaban J connectivity index is 1.33. The third-order valence-corrected chi connectivity index (χ3v) is 7.39. The fraction of sp³-hybridized carbons (Fsp3) is 0.0286. The van der Waals surface area contributed by atoms with Crippen LogP contribution < -0.4 is 0 Å². The van der Waals surface area contributed by atoms with E-state index in [2.05, 4.69) is 97.1 Å². The standard InChI is InChI=1S/C35H25N3O/c1-38-32-17-8-16-29(34(32)37-35(38)30-14-4-5-18-33(30)39)24-11-6-12-26(21-24)31-22-25(19-20-36-31)28-15-7-10-23-9-2-3-13-27(23)28/h2-22,39H,1H3. The van der Waals surface area contributed by atoms with Crippen LogP contribution in [0.5, 0.6) is 5.75 Å². The van der Waals surface area contributed by atoms with Crippen molar-refractivity contribution in [1.29, 1.82) is 0 Å². The van der Waals surface area contributed by atoms with Crippen LogP contribution in [0.25, 0.3) is 66.7 Å². The molecular formula is C35H25N3O. The highest BCUT2D eigenvalue weighted by molar-refractivity contribution is 5.98. The molecule has 39 heavy (non-hydrogen) atoms. The molecule has 2 heterocycles. The fourth-order valence-corrected chi connectivity index (χ4v) is 5.43. The molecule has 0 bridgehead atoms. The number of imidazole rings is 1. The number of pyridine rings is 1. The van der Waals surface area contributed by atoms with Crippen molar-refractivity contribution >= 4 is 21.8 Å². The van der Waals surface area contributed by atoms with Crippen LogP contribution in [0.3, 0.4) is 0 Å². The molecule has 0 unspecified atom stereocenters. The molecule has 0 saturated heterocycles. The van der Waals surface area contributed by atoms with Crippen LogP contribution in [0, 0.1) is 0 Å². The van der Waals surface area contributed by atoms with Crippen molar-refractivity contribution in [3.05, 3.63) is 128 Å². The number of hydrogen-bond acceptors (Lipinski definition) is 3. The first-order valence-corrected chi connectivity index (χ1v) is 13.0. The molecule has 7 aromatic rings. The molecule has 0 atom stereocenters. The van der Waals surface area contributed by atoms with Crippen LogP contribution in [-0.2, 0) is 7.05 Å². The van der Waals surface area contributed by atoms with E-state index >= 15 is 0 Å². The molecule has 0 radical (unpaired) electrons. The number of benzene rings is 5. The van der Waals surface area contributed by atoms with Crippen LogP contribution >= 0.6 is 0 Å². The molecule has 2 aromatic heterocycles. The Morgan fingerprint density at radius 3 is 2.23 bits per heavy atom. The van der Waals surface area contributed by atoms with Crippen LogP contribution in [-0.4, -0.2) is 19.6 Å². The number of para-hydroxylation sites is 2. The maximum atomic E-state index is 10.5. The van der Waals surface area contributed by atoms with Gasteiger partial charge in [0.05, 0.1) is 22.3 Å². The van der Waals surface area contributed by atoms with Crippen molar-refractivity contribution in [2.24, 2.45) is 7.05 Å². The van der Waals surface area contributed by atoms with Crippen molar-refractivity contribution in [2.45, 2.75) is 0 Å². The number of phenolic OH excluding ortho intramolecular Hbond substituents is 1. The van der Waals surface area contributed by atoms with Crippen LogP contribution in [0.1, 0.15) is 0 Å². The predicted molar refractivity (Wildman–Crippen MR) is 159 cm³/mol. The first-order chi connectivity index (χ1) is 19.2. The van der Waals surface area contributed by atoms with Crippen LogP contribution in [0.15, 0.2) is 128 Å². The number of phenols is 1. The Kier molecular flexibility index (Phi) is 5.45. The van der Waals surface area contributed by atoms with E-state index in [-0.39, 0.29) is 5.75 Å². The van der Waals surface area contributed by atoms with Crippen LogP contribution in [0.2, 0.25) is 0 Å². The minimum Gasteiger partial charge on any atom is -0.507 e. The van der Waals surface area contributed by atoms with Gasteiger partial charge in [0.2, 0.25) is 0 Å². The fourth-order valence-electron chi connectivity index (χ4n) is 5.43. The minimum absolute atomic E-state index is 0.219. The normalized spacial score (nSPS) is 11.3. The Morgan fingerprint density at radius 2 is 1.31 bits per heavy atom. The second-order valence-corrected chi connectivity index (χ2v) is 9.72. The third kappa shape index (κ3) is 3.94. The maximum absolute atomic E-state index is 10.5. The summed E-state index contributed by atoms with van der Waals surface area (Å²) in [5, 5.41) is 12.9. The smallest absolute Gasteiger partial charge is 0.144 e. The van der Waals surface area contributed by atoms with E-state index in [0.717, 1.165) is 44.8 Å². The predicted octanol–water partition coefficient (Wildman–Crippen LogP) is 8.50. The van der Waals surface area contributed by atoms with E-state index in [1.165, 1.54) is 16.3 Å². The second-order valence-electron chi connectivity index (χ2n) is 9.72. The Morgan fingerprint density at radius 1 is 0.615 bits per heavy atom. The molecule has 4 heteroatoms. The number of aromatic nitrogens is 3. The largest absolute Gasteiger partial charge is 0.507 e.